The highest BCUT2D eigenvalue weighted by Crippen LogP contribution is 2.24. The molecule has 0 spiro atoms. The van der Waals surface area contributed by atoms with E-state index in [1.807, 2.05) is 35.2 Å². The average molecular weight is 473 g/mol. The lowest BCUT2D eigenvalue weighted by Crippen LogP contribution is -2.48. The zero-order valence-corrected chi connectivity index (χ0v) is 20.1. The molecule has 2 aromatic heterocycles. The zero-order valence-electron chi connectivity index (χ0n) is 19.3. The number of aryl methyl sites for hydroxylation is 2. The molecular formula is C27H28N4O2S. The number of oxazole rings is 1. The SMILES string of the molecule is Cc1ccc(-c2cnc(CCC(=O)N3CCN(Cc4csc(-c5ccccc5)n4)CC3)o2)cc1. The summed E-state index contributed by atoms with van der Waals surface area (Å²) in [5.74, 6) is 1.52. The zero-order chi connectivity index (χ0) is 23.3. The van der Waals surface area contributed by atoms with E-state index in [0.29, 0.717) is 18.7 Å². The van der Waals surface area contributed by atoms with Gasteiger partial charge in [0.2, 0.25) is 5.91 Å². The van der Waals surface area contributed by atoms with Gasteiger partial charge in [-0.1, -0.05) is 60.2 Å². The molecule has 0 N–H and O–H groups in total. The molecule has 0 aliphatic carbocycles. The van der Waals surface area contributed by atoms with E-state index < -0.39 is 0 Å². The van der Waals surface area contributed by atoms with Gasteiger partial charge in [-0.15, -0.1) is 11.3 Å². The Morgan fingerprint density at radius 1 is 1.00 bits per heavy atom. The Bertz CT molecular complexity index is 1230. The molecule has 4 aromatic rings. The number of carbonyl (C=O) groups is 1. The molecule has 5 rings (SSSR count). The standard InChI is InChI=1S/C27H28N4O2S/c1-20-7-9-21(10-8-20)24-17-28-25(33-24)11-12-26(32)31-15-13-30(14-16-31)18-23-19-34-27(29-23)22-5-3-2-4-6-22/h2-10,17,19H,11-16,18H2,1H3. The molecule has 1 aliphatic rings. The Morgan fingerprint density at radius 3 is 2.53 bits per heavy atom. The van der Waals surface area contributed by atoms with Gasteiger partial charge in [0.15, 0.2) is 11.7 Å². The Kier molecular flexibility index (Phi) is 6.83. The summed E-state index contributed by atoms with van der Waals surface area (Å²) >= 11 is 1.68. The molecule has 34 heavy (non-hydrogen) atoms. The summed E-state index contributed by atoms with van der Waals surface area (Å²) in [4.78, 5) is 26.2. The van der Waals surface area contributed by atoms with Crippen molar-refractivity contribution in [1.82, 2.24) is 19.8 Å². The summed E-state index contributed by atoms with van der Waals surface area (Å²) in [7, 11) is 0. The van der Waals surface area contributed by atoms with Crippen molar-refractivity contribution in [3.8, 4) is 21.9 Å². The maximum absolute atomic E-state index is 12.7. The number of nitrogens with zero attached hydrogens (tertiary/aromatic N) is 4. The monoisotopic (exact) mass is 472 g/mol. The van der Waals surface area contributed by atoms with Gasteiger partial charge < -0.3 is 9.32 Å². The first-order chi connectivity index (χ1) is 16.6. The van der Waals surface area contributed by atoms with Crippen LogP contribution in [-0.2, 0) is 17.8 Å². The van der Waals surface area contributed by atoms with E-state index in [2.05, 4.69) is 46.5 Å². The molecule has 174 valence electrons. The van der Waals surface area contributed by atoms with Gasteiger partial charge >= 0.3 is 0 Å². The number of amides is 1. The molecule has 1 saturated heterocycles. The first-order valence-corrected chi connectivity index (χ1v) is 12.5. The number of aromatic nitrogens is 2. The second-order valence-corrected chi connectivity index (χ2v) is 9.51. The van der Waals surface area contributed by atoms with Crippen LogP contribution in [0.3, 0.4) is 0 Å². The number of hydrogen-bond acceptors (Lipinski definition) is 6. The van der Waals surface area contributed by atoms with Gasteiger partial charge in [-0.25, -0.2) is 9.97 Å². The van der Waals surface area contributed by atoms with Crippen LogP contribution in [0.25, 0.3) is 21.9 Å². The molecule has 0 atom stereocenters. The molecule has 2 aromatic carbocycles. The molecule has 0 radical (unpaired) electrons. The predicted molar refractivity (Wildman–Crippen MR) is 134 cm³/mol. The minimum absolute atomic E-state index is 0.162. The van der Waals surface area contributed by atoms with Crippen molar-refractivity contribution in [2.75, 3.05) is 26.2 Å². The minimum Gasteiger partial charge on any atom is -0.441 e. The maximum Gasteiger partial charge on any atom is 0.223 e. The van der Waals surface area contributed by atoms with Crippen LogP contribution in [0.15, 0.2) is 70.6 Å². The molecule has 1 amide bonds. The molecule has 7 heteroatoms. The van der Waals surface area contributed by atoms with Gasteiger partial charge in [-0.2, -0.15) is 0 Å². The fourth-order valence-corrected chi connectivity index (χ4v) is 4.94. The Balaban J connectivity index is 1.08. The molecule has 1 fully saturated rings. The van der Waals surface area contributed by atoms with Crippen LogP contribution >= 0.6 is 11.3 Å². The van der Waals surface area contributed by atoms with Crippen LogP contribution in [0, 0.1) is 6.92 Å². The van der Waals surface area contributed by atoms with E-state index in [-0.39, 0.29) is 5.91 Å². The fraction of sp³-hybridized carbons (Fsp3) is 0.296. The Morgan fingerprint density at radius 2 is 1.76 bits per heavy atom. The van der Waals surface area contributed by atoms with Crippen LogP contribution in [-0.4, -0.2) is 51.9 Å². The second kappa shape index (κ2) is 10.3. The van der Waals surface area contributed by atoms with Crippen molar-refractivity contribution < 1.29 is 9.21 Å². The van der Waals surface area contributed by atoms with E-state index in [4.69, 9.17) is 9.40 Å². The number of benzene rings is 2. The smallest absolute Gasteiger partial charge is 0.223 e. The van der Waals surface area contributed by atoms with Gasteiger partial charge in [-0.3, -0.25) is 9.69 Å². The minimum atomic E-state index is 0.162. The van der Waals surface area contributed by atoms with Crippen LogP contribution in [0.1, 0.15) is 23.6 Å². The largest absolute Gasteiger partial charge is 0.441 e. The summed E-state index contributed by atoms with van der Waals surface area (Å²) in [6.07, 6.45) is 2.68. The van der Waals surface area contributed by atoms with E-state index in [0.717, 1.165) is 60.3 Å². The average Bonchev–Trinajstić information content (AvgIpc) is 3.54. The number of hydrogen-bond donors (Lipinski definition) is 0. The molecule has 3 heterocycles. The third-order valence-electron chi connectivity index (χ3n) is 6.13. The van der Waals surface area contributed by atoms with E-state index >= 15 is 0 Å². The first-order valence-electron chi connectivity index (χ1n) is 11.7. The van der Waals surface area contributed by atoms with E-state index in [9.17, 15) is 4.79 Å². The van der Waals surface area contributed by atoms with E-state index in [1.165, 1.54) is 5.56 Å². The van der Waals surface area contributed by atoms with Gasteiger partial charge in [0.05, 0.1) is 11.9 Å². The van der Waals surface area contributed by atoms with Gasteiger partial charge in [-0.05, 0) is 6.92 Å². The van der Waals surface area contributed by atoms with Crippen LogP contribution in [0.5, 0.6) is 0 Å². The van der Waals surface area contributed by atoms with Crippen molar-refractivity contribution in [3.05, 3.63) is 83.3 Å². The Hall–Kier alpha value is -3.29. The predicted octanol–water partition coefficient (Wildman–Crippen LogP) is 5.05. The summed E-state index contributed by atoms with van der Waals surface area (Å²) in [5.41, 5.74) is 4.46. The van der Waals surface area contributed by atoms with Crippen LogP contribution in [0.4, 0.5) is 0 Å². The summed E-state index contributed by atoms with van der Waals surface area (Å²) in [5, 5.41) is 3.20. The van der Waals surface area contributed by atoms with Gasteiger partial charge in [0, 0.05) is 62.1 Å². The third kappa shape index (κ3) is 5.43. The lowest BCUT2D eigenvalue weighted by molar-refractivity contribution is -0.133. The summed E-state index contributed by atoms with van der Waals surface area (Å²) < 4.78 is 5.87. The van der Waals surface area contributed by atoms with Crippen molar-refractivity contribution in [1.29, 1.82) is 0 Å². The maximum atomic E-state index is 12.7. The third-order valence-corrected chi connectivity index (χ3v) is 7.07. The number of carbonyl (C=O) groups excluding carboxylic acids is 1. The first kappa shape index (κ1) is 22.5. The topological polar surface area (TPSA) is 62.5 Å². The quantitative estimate of drug-likeness (QED) is 0.377. The highest BCUT2D eigenvalue weighted by molar-refractivity contribution is 7.13. The van der Waals surface area contributed by atoms with Gasteiger partial charge in [0.25, 0.3) is 0 Å². The molecular weight excluding hydrogens is 444 g/mol. The van der Waals surface area contributed by atoms with Crippen LogP contribution in [0.2, 0.25) is 0 Å². The number of rotatable bonds is 7. The number of thiazole rings is 1. The highest BCUT2D eigenvalue weighted by Gasteiger charge is 2.22. The summed E-state index contributed by atoms with van der Waals surface area (Å²) in [6.45, 7) is 6.09. The molecule has 6 nitrogen and oxygen atoms in total. The Labute approximate surface area is 203 Å². The normalized spacial score (nSPS) is 14.4. The molecule has 0 bridgehead atoms. The fourth-order valence-electron chi connectivity index (χ4n) is 4.13. The van der Waals surface area contributed by atoms with Crippen molar-refractivity contribution >= 4 is 17.2 Å². The highest BCUT2D eigenvalue weighted by atomic mass is 32.1. The van der Waals surface area contributed by atoms with Crippen molar-refractivity contribution in [2.24, 2.45) is 0 Å². The lowest BCUT2D eigenvalue weighted by Gasteiger charge is -2.34. The van der Waals surface area contributed by atoms with Crippen molar-refractivity contribution in [2.45, 2.75) is 26.3 Å². The second-order valence-electron chi connectivity index (χ2n) is 8.65. The molecule has 0 saturated carbocycles. The van der Waals surface area contributed by atoms with Crippen LogP contribution < -0.4 is 0 Å². The molecule has 0 unspecified atom stereocenters. The van der Waals surface area contributed by atoms with Gasteiger partial charge in [0.1, 0.15) is 5.01 Å². The van der Waals surface area contributed by atoms with Crippen molar-refractivity contribution in [3.63, 3.8) is 0 Å². The summed E-state index contributed by atoms with van der Waals surface area (Å²) in [6, 6.07) is 18.4. The molecule has 1 aliphatic heterocycles. The number of piperazine rings is 1. The lowest BCUT2D eigenvalue weighted by atomic mass is 10.1. The van der Waals surface area contributed by atoms with E-state index in [1.54, 1.807) is 17.5 Å².